The highest BCUT2D eigenvalue weighted by Crippen LogP contribution is 2.33. The fourth-order valence-electron chi connectivity index (χ4n) is 2.72. The second-order valence-corrected chi connectivity index (χ2v) is 4.78. The van der Waals surface area contributed by atoms with Crippen LogP contribution in [0.4, 0.5) is 0 Å². The van der Waals surface area contributed by atoms with Crippen LogP contribution in [0, 0.1) is 0 Å². The molecule has 0 bridgehead atoms. The van der Waals surface area contributed by atoms with E-state index < -0.39 is 6.29 Å². The van der Waals surface area contributed by atoms with E-state index in [-0.39, 0.29) is 11.6 Å². The summed E-state index contributed by atoms with van der Waals surface area (Å²) in [5, 5.41) is 0. The Bertz CT molecular complexity index is 729. The summed E-state index contributed by atoms with van der Waals surface area (Å²) in [6, 6.07) is 12.0. The maximum Gasteiger partial charge on any atom is 0.194 e. The van der Waals surface area contributed by atoms with Gasteiger partial charge >= 0.3 is 0 Å². The first kappa shape index (κ1) is 13.7. The maximum absolute atomic E-state index is 12.7. The molecule has 0 saturated heterocycles. The molecule has 1 aliphatic carbocycles. The Morgan fingerprint density at radius 1 is 0.762 bits per heavy atom. The summed E-state index contributed by atoms with van der Waals surface area (Å²) >= 11 is 0. The molecule has 0 radical (unpaired) electrons. The van der Waals surface area contributed by atoms with Crippen LogP contribution in [0.2, 0.25) is 0 Å². The number of rotatable bonds is 3. The van der Waals surface area contributed by atoms with E-state index in [0.717, 1.165) is 0 Å². The zero-order valence-electron chi connectivity index (χ0n) is 11.8. The predicted octanol–water partition coefficient (Wildman–Crippen LogP) is 2.75. The van der Waals surface area contributed by atoms with E-state index in [9.17, 15) is 9.59 Å². The molecule has 106 valence electrons. The second-order valence-electron chi connectivity index (χ2n) is 4.78. The van der Waals surface area contributed by atoms with Crippen LogP contribution in [0.3, 0.4) is 0 Å². The lowest BCUT2D eigenvalue weighted by Gasteiger charge is -2.23. The quantitative estimate of drug-likeness (QED) is 0.693. The molecule has 1 aliphatic rings. The Hall–Kier alpha value is -2.30. The topological polar surface area (TPSA) is 52.6 Å². The van der Waals surface area contributed by atoms with E-state index in [2.05, 4.69) is 0 Å². The molecule has 0 fully saturated rings. The average molecular weight is 282 g/mol. The smallest absolute Gasteiger partial charge is 0.194 e. The third-order valence-electron chi connectivity index (χ3n) is 3.67. The molecule has 0 heterocycles. The van der Waals surface area contributed by atoms with Gasteiger partial charge < -0.3 is 9.47 Å². The Morgan fingerprint density at radius 2 is 1.33 bits per heavy atom. The Kier molecular flexibility index (Phi) is 3.41. The Balaban J connectivity index is 2.26. The Labute approximate surface area is 122 Å². The van der Waals surface area contributed by atoms with Crippen LogP contribution in [-0.2, 0) is 9.47 Å². The first-order valence-electron chi connectivity index (χ1n) is 6.56. The van der Waals surface area contributed by atoms with Gasteiger partial charge in [0.25, 0.3) is 0 Å². The van der Waals surface area contributed by atoms with Gasteiger partial charge in [-0.05, 0) is 0 Å². The molecule has 0 N–H and O–H groups in total. The van der Waals surface area contributed by atoms with Crippen molar-refractivity contribution in [2.75, 3.05) is 14.2 Å². The van der Waals surface area contributed by atoms with Crippen LogP contribution < -0.4 is 0 Å². The van der Waals surface area contributed by atoms with Gasteiger partial charge in [-0.3, -0.25) is 9.59 Å². The average Bonchev–Trinajstić information content (AvgIpc) is 2.53. The molecule has 3 rings (SSSR count). The molecule has 4 nitrogen and oxygen atoms in total. The number of methoxy groups -OCH3 is 2. The fourth-order valence-corrected chi connectivity index (χ4v) is 2.72. The molecule has 0 spiro atoms. The zero-order chi connectivity index (χ0) is 15.0. The third kappa shape index (κ3) is 2.00. The molecule has 0 saturated carbocycles. The minimum absolute atomic E-state index is 0.145. The van der Waals surface area contributed by atoms with Crippen LogP contribution in [-0.4, -0.2) is 25.8 Å². The first-order valence-corrected chi connectivity index (χ1v) is 6.56. The van der Waals surface area contributed by atoms with Crippen molar-refractivity contribution in [3.05, 3.63) is 70.3 Å². The number of hydrogen-bond acceptors (Lipinski definition) is 4. The van der Waals surface area contributed by atoms with Gasteiger partial charge in [-0.25, -0.2) is 0 Å². The first-order chi connectivity index (χ1) is 10.2. The van der Waals surface area contributed by atoms with Crippen LogP contribution in [0.5, 0.6) is 0 Å². The monoisotopic (exact) mass is 282 g/mol. The molecule has 0 aliphatic heterocycles. The fraction of sp³-hybridized carbons (Fsp3) is 0.176. The summed E-state index contributed by atoms with van der Waals surface area (Å²) in [6.07, 6.45) is -0.679. The van der Waals surface area contributed by atoms with Crippen LogP contribution in [0.15, 0.2) is 42.5 Å². The lowest BCUT2D eigenvalue weighted by atomic mass is 9.82. The van der Waals surface area contributed by atoms with Crippen LogP contribution >= 0.6 is 0 Å². The van der Waals surface area contributed by atoms with Gasteiger partial charge in [-0.1, -0.05) is 42.5 Å². The third-order valence-corrected chi connectivity index (χ3v) is 3.67. The van der Waals surface area contributed by atoms with E-state index in [1.54, 1.807) is 42.5 Å². The summed E-state index contributed by atoms with van der Waals surface area (Å²) in [5.41, 5.74) is 2.21. The lowest BCUT2D eigenvalue weighted by molar-refractivity contribution is -0.106. The molecule has 0 aromatic heterocycles. The standard InChI is InChI=1S/C17H14O4/c1-20-17(21-2)13-9-5-8-12-14(13)16(19)11-7-4-3-6-10(11)15(12)18/h3-9,17H,1-2H3. The number of hydrogen-bond donors (Lipinski definition) is 0. The van der Waals surface area contributed by atoms with Gasteiger partial charge in [-0.15, -0.1) is 0 Å². The highest BCUT2D eigenvalue weighted by Gasteiger charge is 2.33. The van der Waals surface area contributed by atoms with Gasteiger partial charge in [0.05, 0.1) is 0 Å². The van der Waals surface area contributed by atoms with E-state index >= 15 is 0 Å². The van der Waals surface area contributed by atoms with Crippen LogP contribution in [0.25, 0.3) is 0 Å². The second kappa shape index (κ2) is 5.24. The zero-order valence-corrected chi connectivity index (χ0v) is 11.8. The van der Waals surface area contributed by atoms with Gasteiger partial charge in [0.15, 0.2) is 17.9 Å². The molecule has 0 unspecified atom stereocenters. The SMILES string of the molecule is COC(OC)c1cccc2c1C(=O)c1ccccc1C2=O. The number of benzene rings is 2. The van der Waals surface area contributed by atoms with Crippen LogP contribution in [0.1, 0.15) is 43.7 Å². The molecule has 0 atom stereocenters. The van der Waals surface area contributed by atoms with Gasteiger partial charge in [-0.2, -0.15) is 0 Å². The minimum atomic E-state index is -0.679. The largest absolute Gasteiger partial charge is 0.352 e. The van der Waals surface area contributed by atoms with Gasteiger partial charge in [0.2, 0.25) is 0 Å². The molecule has 21 heavy (non-hydrogen) atoms. The molecule has 0 amide bonds. The van der Waals surface area contributed by atoms with E-state index in [1.165, 1.54) is 14.2 Å². The van der Waals surface area contributed by atoms with E-state index in [0.29, 0.717) is 27.8 Å². The summed E-state index contributed by atoms with van der Waals surface area (Å²) in [7, 11) is 2.99. The summed E-state index contributed by atoms with van der Waals surface area (Å²) in [4.78, 5) is 25.3. The molecule has 2 aromatic carbocycles. The molecular formula is C17H14O4. The van der Waals surface area contributed by atoms with E-state index in [4.69, 9.17) is 9.47 Å². The lowest BCUT2D eigenvalue weighted by Crippen LogP contribution is -2.24. The maximum atomic E-state index is 12.7. The molecular weight excluding hydrogens is 268 g/mol. The van der Waals surface area contributed by atoms with Crippen molar-refractivity contribution in [2.45, 2.75) is 6.29 Å². The highest BCUT2D eigenvalue weighted by atomic mass is 16.7. The number of carbonyl (C=O) groups excluding carboxylic acids is 2. The predicted molar refractivity (Wildman–Crippen MR) is 76.5 cm³/mol. The summed E-state index contributed by atoms with van der Waals surface area (Å²) in [6.45, 7) is 0. The Morgan fingerprint density at radius 3 is 1.95 bits per heavy atom. The summed E-state index contributed by atoms with van der Waals surface area (Å²) in [5.74, 6) is -0.317. The van der Waals surface area contributed by atoms with Crippen molar-refractivity contribution in [1.82, 2.24) is 0 Å². The summed E-state index contributed by atoms with van der Waals surface area (Å²) < 4.78 is 10.5. The van der Waals surface area contributed by atoms with Crippen molar-refractivity contribution in [1.29, 1.82) is 0 Å². The van der Waals surface area contributed by atoms with E-state index in [1.807, 2.05) is 0 Å². The molecule has 4 heteroatoms. The van der Waals surface area contributed by atoms with Crippen molar-refractivity contribution in [3.8, 4) is 0 Å². The number of ketones is 2. The van der Waals surface area contributed by atoms with Gasteiger partial charge in [0.1, 0.15) is 0 Å². The highest BCUT2D eigenvalue weighted by molar-refractivity contribution is 6.28. The number of fused-ring (bicyclic) bond motifs is 2. The van der Waals surface area contributed by atoms with Crippen molar-refractivity contribution in [2.24, 2.45) is 0 Å². The normalized spacial score (nSPS) is 13.3. The number of carbonyl (C=O) groups is 2. The minimum Gasteiger partial charge on any atom is -0.352 e. The number of ether oxygens (including phenoxy) is 2. The van der Waals surface area contributed by atoms with Crippen molar-refractivity contribution in [3.63, 3.8) is 0 Å². The van der Waals surface area contributed by atoms with Crippen molar-refractivity contribution >= 4 is 11.6 Å². The van der Waals surface area contributed by atoms with Crippen molar-refractivity contribution < 1.29 is 19.1 Å². The van der Waals surface area contributed by atoms with Gasteiger partial charge in [0, 0.05) is 42.0 Å². The molecule has 2 aromatic rings.